The maximum absolute atomic E-state index is 12.5. The van der Waals surface area contributed by atoms with Gasteiger partial charge in [-0.15, -0.1) is 5.10 Å². The van der Waals surface area contributed by atoms with Gasteiger partial charge in [-0.25, -0.2) is 4.68 Å². The summed E-state index contributed by atoms with van der Waals surface area (Å²) < 4.78 is 1.72. The van der Waals surface area contributed by atoms with Crippen LogP contribution in [0.25, 0.3) is 0 Å². The van der Waals surface area contributed by atoms with Crippen LogP contribution in [0.2, 0.25) is 0 Å². The van der Waals surface area contributed by atoms with Crippen LogP contribution in [-0.4, -0.2) is 64.4 Å². The summed E-state index contributed by atoms with van der Waals surface area (Å²) in [7, 11) is 4.14. The van der Waals surface area contributed by atoms with Gasteiger partial charge in [0.05, 0.1) is 12.7 Å². The lowest BCUT2D eigenvalue weighted by molar-refractivity contribution is 0.0779. The number of benzene rings is 1. The van der Waals surface area contributed by atoms with Gasteiger partial charge in [0.1, 0.15) is 0 Å². The van der Waals surface area contributed by atoms with Crippen molar-refractivity contribution < 1.29 is 4.79 Å². The molecule has 0 spiro atoms. The Balaban J connectivity index is 1.61. The van der Waals surface area contributed by atoms with Gasteiger partial charge < -0.3 is 9.80 Å². The number of hydrogen-bond acceptors (Lipinski definition) is 4. The first kappa shape index (κ1) is 15.7. The van der Waals surface area contributed by atoms with E-state index >= 15 is 0 Å². The quantitative estimate of drug-likeness (QED) is 0.836. The van der Waals surface area contributed by atoms with Crippen LogP contribution in [-0.2, 0) is 6.54 Å². The van der Waals surface area contributed by atoms with Gasteiger partial charge in [0, 0.05) is 19.6 Å². The molecule has 23 heavy (non-hydrogen) atoms. The van der Waals surface area contributed by atoms with E-state index in [0.717, 1.165) is 31.6 Å². The van der Waals surface area contributed by atoms with Crippen molar-refractivity contribution in [2.75, 3.05) is 33.7 Å². The number of carbonyl (C=O) groups excluding carboxylic acids is 1. The fourth-order valence-electron chi connectivity index (χ4n) is 3.09. The molecular weight excluding hydrogens is 290 g/mol. The van der Waals surface area contributed by atoms with E-state index in [2.05, 4.69) is 29.3 Å². The molecule has 0 radical (unpaired) electrons. The predicted octanol–water partition coefficient (Wildman–Crippen LogP) is 1.35. The van der Waals surface area contributed by atoms with E-state index in [1.54, 1.807) is 10.9 Å². The Bertz CT molecular complexity index is 652. The highest BCUT2D eigenvalue weighted by atomic mass is 16.2. The summed E-state index contributed by atoms with van der Waals surface area (Å²) in [5.74, 6) is 0.541. The zero-order valence-corrected chi connectivity index (χ0v) is 13.7. The van der Waals surface area contributed by atoms with Crippen molar-refractivity contribution in [2.24, 2.45) is 5.92 Å². The van der Waals surface area contributed by atoms with Crippen LogP contribution in [0.15, 0.2) is 36.5 Å². The molecule has 0 bridgehead atoms. The summed E-state index contributed by atoms with van der Waals surface area (Å²) in [6.45, 7) is 3.26. The van der Waals surface area contributed by atoms with Gasteiger partial charge in [0.2, 0.25) is 0 Å². The lowest BCUT2D eigenvalue weighted by atomic mass is 10.1. The molecular formula is C17H23N5O. The summed E-state index contributed by atoms with van der Waals surface area (Å²) in [4.78, 5) is 16.6. The largest absolute Gasteiger partial charge is 0.337 e. The molecule has 1 amide bonds. The second-order valence-corrected chi connectivity index (χ2v) is 6.46. The molecule has 1 atom stereocenters. The SMILES string of the molecule is CN(C)C[C@@H]1CCN(C(=O)c2cn(Cc3ccccc3)nn2)C1. The van der Waals surface area contributed by atoms with Crippen LogP contribution >= 0.6 is 0 Å². The fourth-order valence-corrected chi connectivity index (χ4v) is 3.09. The molecule has 0 unspecified atom stereocenters. The van der Waals surface area contributed by atoms with Crippen molar-refractivity contribution in [1.82, 2.24) is 24.8 Å². The van der Waals surface area contributed by atoms with Gasteiger partial charge in [0.15, 0.2) is 5.69 Å². The van der Waals surface area contributed by atoms with E-state index in [9.17, 15) is 4.79 Å². The van der Waals surface area contributed by atoms with Crippen molar-refractivity contribution in [2.45, 2.75) is 13.0 Å². The van der Waals surface area contributed by atoms with Crippen LogP contribution in [0.3, 0.4) is 0 Å². The van der Waals surface area contributed by atoms with E-state index < -0.39 is 0 Å². The Labute approximate surface area is 136 Å². The molecule has 2 heterocycles. The Hall–Kier alpha value is -2.21. The summed E-state index contributed by atoms with van der Waals surface area (Å²) >= 11 is 0. The van der Waals surface area contributed by atoms with Gasteiger partial charge in [-0.1, -0.05) is 35.5 Å². The molecule has 0 N–H and O–H groups in total. The summed E-state index contributed by atoms with van der Waals surface area (Å²) in [5, 5.41) is 8.14. The maximum Gasteiger partial charge on any atom is 0.276 e. The highest BCUT2D eigenvalue weighted by molar-refractivity contribution is 5.92. The molecule has 0 aliphatic carbocycles. The van der Waals surface area contributed by atoms with Gasteiger partial charge in [-0.3, -0.25) is 4.79 Å². The first-order valence-corrected chi connectivity index (χ1v) is 8.00. The second kappa shape index (κ2) is 6.91. The minimum absolute atomic E-state index is 0.00873. The maximum atomic E-state index is 12.5. The van der Waals surface area contributed by atoms with E-state index in [1.165, 1.54) is 0 Å². The Morgan fingerprint density at radius 2 is 2.09 bits per heavy atom. The zero-order valence-electron chi connectivity index (χ0n) is 13.7. The van der Waals surface area contributed by atoms with Crippen LogP contribution in [0.5, 0.6) is 0 Å². The molecule has 2 aromatic rings. The number of nitrogens with zero attached hydrogens (tertiary/aromatic N) is 5. The number of carbonyl (C=O) groups is 1. The Morgan fingerprint density at radius 1 is 1.30 bits per heavy atom. The number of rotatable bonds is 5. The molecule has 6 nitrogen and oxygen atoms in total. The Morgan fingerprint density at radius 3 is 2.83 bits per heavy atom. The van der Waals surface area contributed by atoms with Crippen molar-refractivity contribution in [3.05, 3.63) is 47.8 Å². The van der Waals surface area contributed by atoms with Crippen LogP contribution in [0.4, 0.5) is 0 Å². The molecule has 1 aromatic heterocycles. The van der Waals surface area contributed by atoms with E-state index in [0.29, 0.717) is 18.2 Å². The lowest BCUT2D eigenvalue weighted by Gasteiger charge is -2.17. The first-order valence-electron chi connectivity index (χ1n) is 8.00. The van der Waals surface area contributed by atoms with Crippen molar-refractivity contribution in [3.63, 3.8) is 0 Å². The monoisotopic (exact) mass is 313 g/mol. The number of likely N-dealkylation sites (tertiary alicyclic amines) is 1. The molecule has 1 saturated heterocycles. The predicted molar refractivity (Wildman–Crippen MR) is 88.1 cm³/mol. The molecule has 1 aliphatic rings. The highest BCUT2D eigenvalue weighted by Gasteiger charge is 2.28. The van der Waals surface area contributed by atoms with E-state index in [4.69, 9.17) is 0 Å². The van der Waals surface area contributed by atoms with Gasteiger partial charge in [-0.2, -0.15) is 0 Å². The van der Waals surface area contributed by atoms with Crippen molar-refractivity contribution in [3.8, 4) is 0 Å². The third-order valence-electron chi connectivity index (χ3n) is 4.14. The van der Waals surface area contributed by atoms with E-state index in [1.807, 2.05) is 35.2 Å². The third-order valence-corrected chi connectivity index (χ3v) is 4.14. The number of amides is 1. The second-order valence-electron chi connectivity index (χ2n) is 6.46. The van der Waals surface area contributed by atoms with Gasteiger partial charge >= 0.3 is 0 Å². The minimum atomic E-state index is -0.00873. The summed E-state index contributed by atoms with van der Waals surface area (Å²) in [6.07, 6.45) is 2.80. The average Bonchev–Trinajstić information content (AvgIpc) is 3.17. The number of hydrogen-bond donors (Lipinski definition) is 0. The average molecular weight is 313 g/mol. The molecule has 0 saturated carbocycles. The minimum Gasteiger partial charge on any atom is -0.337 e. The third kappa shape index (κ3) is 3.96. The standard InChI is InChI=1S/C17H23N5O/c1-20(2)10-15-8-9-21(11-15)17(23)16-13-22(19-18-16)12-14-6-4-3-5-7-14/h3-7,13,15H,8-12H2,1-2H3/t15-/m0/s1. The van der Waals surface area contributed by atoms with Gasteiger partial charge in [0.25, 0.3) is 5.91 Å². The molecule has 6 heteroatoms. The van der Waals surface area contributed by atoms with E-state index in [-0.39, 0.29) is 5.91 Å². The lowest BCUT2D eigenvalue weighted by Crippen LogP contribution is -2.31. The normalized spacial score (nSPS) is 17.9. The molecule has 1 fully saturated rings. The number of aromatic nitrogens is 3. The highest BCUT2D eigenvalue weighted by Crippen LogP contribution is 2.18. The molecule has 3 rings (SSSR count). The molecule has 122 valence electrons. The Kier molecular flexibility index (Phi) is 4.71. The van der Waals surface area contributed by atoms with Crippen molar-refractivity contribution in [1.29, 1.82) is 0 Å². The fraction of sp³-hybridized carbons (Fsp3) is 0.471. The smallest absolute Gasteiger partial charge is 0.276 e. The topological polar surface area (TPSA) is 54.3 Å². The van der Waals surface area contributed by atoms with Crippen molar-refractivity contribution >= 4 is 5.91 Å². The molecule has 1 aliphatic heterocycles. The van der Waals surface area contributed by atoms with Gasteiger partial charge in [-0.05, 0) is 32.0 Å². The molecule has 1 aromatic carbocycles. The van der Waals surface area contributed by atoms with Crippen LogP contribution < -0.4 is 0 Å². The van der Waals surface area contributed by atoms with Crippen LogP contribution in [0, 0.1) is 5.92 Å². The van der Waals surface area contributed by atoms with Crippen LogP contribution in [0.1, 0.15) is 22.5 Å². The zero-order chi connectivity index (χ0) is 16.2. The first-order chi connectivity index (χ1) is 11.1. The summed E-state index contributed by atoms with van der Waals surface area (Å²) in [5.41, 5.74) is 1.58. The summed E-state index contributed by atoms with van der Waals surface area (Å²) in [6, 6.07) is 10.0.